The van der Waals surface area contributed by atoms with E-state index in [1.54, 1.807) is 25.5 Å². The quantitative estimate of drug-likeness (QED) is 0.806. The van der Waals surface area contributed by atoms with Crippen LogP contribution in [0.4, 0.5) is 0 Å². The molecule has 0 amide bonds. The van der Waals surface area contributed by atoms with E-state index in [4.69, 9.17) is 4.74 Å². The molecule has 0 saturated carbocycles. The Kier molecular flexibility index (Phi) is 3.92. The second-order valence-electron chi connectivity index (χ2n) is 4.18. The van der Waals surface area contributed by atoms with Crippen LogP contribution in [-0.2, 0) is 9.53 Å². The number of aliphatic imine (C=N–C) groups is 1. The minimum absolute atomic E-state index is 0.0256. The Morgan fingerprint density at radius 1 is 1.50 bits per heavy atom. The van der Waals surface area contributed by atoms with Crippen molar-refractivity contribution >= 4 is 18.0 Å². The van der Waals surface area contributed by atoms with Crippen LogP contribution in [0, 0.1) is 0 Å². The van der Waals surface area contributed by atoms with E-state index >= 15 is 0 Å². The molecule has 2 rings (SSSR count). The highest BCUT2D eigenvalue weighted by atomic mass is 16.5. The first kappa shape index (κ1) is 12.5. The first-order chi connectivity index (χ1) is 8.72. The number of ketones is 1. The zero-order valence-electron chi connectivity index (χ0n) is 10.3. The predicted octanol–water partition coefficient (Wildman–Crippen LogP) is 1.73. The Bertz CT molecular complexity index is 476. The van der Waals surface area contributed by atoms with Crippen LogP contribution in [0.1, 0.15) is 42.1 Å². The largest absolute Gasteiger partial charge is 0.466 e. The van der Waals surface area contributed by atoms with Gasteiger partial charge in [0.25, 0.3) is 0 Å². The van der Waals surface area contributed by atoms with Crippen LogP contribution in [0.15, 0.2) is 17.4 Å². The third-order valence-electron chi connectivity index (χ3n) is 2.90. The maximum atomic E-state index is 12.0. The number of aromatic amines is 1. The monoisotopic (exact) mass is 248 g/mol. The van der Waals surface area contributed by atoms with E-state index in [1.165, 1.54) is 0 Å². The van der Waals surface area contributed by atoms with E-state index in [1.807, 2.05) is 0 Å². The summed E-state index contributed by atoms with van der Waals surface area (Å²) < 4.78 is 4.83. The normalized spacial score (nSPS) is 17.6. The van der Waals surface area contributed by atoms with E-state index in [9.17, 15) is 9.59 Å². The number of carbonyl (C=O) groups excluding carboxylic acids is 2. The maximum absolute atomic E-state index is 12.0. The molecule has 0 fully saturated rings. The lowest BCUT2D eigenvalue weighted by Crippen LogP contribution is -2.23. The van der Waals surface area contributed by atoms with E-state index in [2.05, 4.69) is 9.98 Å². The molecule has 2 heterocycles. The minimum Gasteiger partial charge on any atom is -0.466 e. The van der Waals surface area contributed by atoms with E-state index in [0.29, 0.717) is 31.4 Å². The Morgan fingerprint density at radius 3 is 3.11 bits per heavy atom. The van der Waals surface area contributed by atoms with Gasteiger partial charge in [-0.05, 0) is 19.8 Å². The first-order valence-corrected chi connectivity index (χ1v) is 6.12. The van der Waals surface area contributed by atoms with Crippen molar-refractivity contribution in [2.24, 2.45) is 4.99 Å². The van der Waals surface area contributed by atoms with Gasteiger partial charge in [-0.1, -0.05) is 0 Å². The molecule has 1 unspecified atom stereocenters. The summed E-state index contributed by atoms with van der Waals surface area (Å²) in [5.74, 6) is -0.190. The summed E-state index contributed by atoms with van der Waals surface area (Å²) in [6.45, 7) is 2.17. The lowest BCUT2D eigenvalue weighted by Gasteiger charge is -2.14. The summed E-state index contributed by atoms with van der Waals surface area (Å²) in [6.07, 6.45) is 6.70. The van der Waals surface area contributed by atoms with Crippen molar-refractivity contribution in [3.05, 3.63) is 23.5 Å². The molecule has 1 aliphatic rings. The minimum atomic E-state index is -0.359. The van der Waals surface area contributed by atoms with Crippen molar-refractivity contribution in [1.82, 2.24) is 4.98 Å². The number of nitrogens with zero attached hydrogens (tertiary/aromatic N) is 1. The second kappa shape index (κ2) is 5.62. The number of aromatic nitrogens is 1. The molecule has 0 bridgehead atoms. The van der Waals surface area contributed by atoms with Crippen LogP contribution in [0.2, 0.25) is 0 Å². The average Bonchev–Trinajstić information content (AvgIpc) is 2.81. The summed E-state index contributed by atoms with van der Waals surface area (Å²) in [6, 6.07) is -0.359. The van der Waals surface area contributed by atoms with Crippen LogP contribution in [0.3, 0.4) is 0 Å². The van der Waals surface area contributed by atoms with Gasteiger partial charge < -0.3 is 9.72 Å². The molecule has 5 nitrogen and oxygen atoms in total. The van der Waals surface area contributed by atoms with Gasteiger partial charge in [0.15, 0.2) is 5.78 Å². The number of H-pyrrole nitrogens is 1. The smallest absolute Gasteiger partial charge is 0.305 e. The fourth-order valence-electron chi connectivity index (χ4n) is 1.99. The van der Waals surface area contributed by atoms with Gasteiger partial charge in [-0.25, -0.2) is 0 Å². The van der Waals surface area contributed by atoms with E-state index in [-0.39, 0.29) is 17.8 Å². The predicted molar refractivity (Wildman–Crippen MR) is 67.0 cm³/mol. The van der Waals surface area contributed by atoms with Gasteiger partial charge >= 0.3 is 5.97 Å². The molecular formula is C13H16N2O3. The molecule has 0 aromatic carbocycles. The summed E-state index contributed by atoms with van der Waals surface area (Å²) in [5, 5.41) is 0. The molecule has 1 atom stereocenters. The fraction of sp³-hybridized carbons (Fsp3) is 0.462. The fourth-order valence-corrected chi connectivity index (χ4v) is 1.99. The van der Waals surface area contributed by atoms with Gasteiger partial charge in [-0.2, -0.15) is 0 Å². The van der Waals surface area contributed by atoms with Gasteiger partial charge in [-0.3, -0.25) is 14.6 Å². The van der Waals surface area contributed by atoms with Crippen molar-refractivity contribution in [3.63, 3.8) is 0 Å². The molecule has 0 saturated heterocycles. The van der Waals surface area contributed by atoms with Crippen molar-refractivity contribution in [2.45, 2.75) is 32.2 Å². The lowest BCUT2D eigenvalue weighted by molar-refractivity contribution is -0.143. The van der Waals surface area contributed by atoms with Crippen molar-refractivity contribution in [3.8, 4) is 0 Å². The summed E-state index contributed by atoms with van der Waals surface area (Å²) in [7, 11) is 0. The Hall–Kier alpha value is -1.91. The molecule has 0 spiro atoms. The molecule has 18 heavy (non-hydrogen) atoms. The Labute approximate surface area is 105 Å². The summed E-state index contributed by atoms with van der Waals surface area (Å²) in [4.78, 5) is 30.3. The lowest BCUT2D eigenvalue weighted by atomic mass is 9.97. The molecule has 1 aromatic rings. The maximum Gasteiger partial charge on any atom is 0.305 e. The molecule has 5 heteroatoms. The number of nitrogens with one attached hydrogen (secondary N) is 1. The molecule has 1 N–H and O–H groups in total. The zero-order chi connectivity index (χ0) is 13.0. The standard InChI is InChI=1S/C13H16N2O3/c1-2-18-12(16)5-3-4-11-13(17)10-8-14-6-9(10)7-15-11/h6-8,11,14H,2-5H2,1H3. The van der Waals surface area contributed by atoms with Gasteiger partial charge in [0.05, 0.1) is 6.61 Å². The molecule has 0 radical (unpaired) electrons. The Morgan fingerprint density at radius 2 is 2.33 bits per heavy atom. The number of fused-ring (bicyclic) bond motifs is 1. The molecule has 1 aromatic heterocycles. The number of carbonyl (C=O) groups is 2. The van der Waals surface area contributed by atoms with Crippen LogP contribution in [0.25, 0.3) is 0 Å². The molecule has 1 aliphatic heterocycles. The number of ether oxygens (including phenoxy) is 1. The first-order valence-electron chi connectivity index (χ1n) is 6.12. The van der Waals surface area contributed by atoms with Gasteiger partial charge in [-0.15, -0.1) is 0 Å². The van der Waals surface area contributed by atoms with Crippen LogP contribution < -0.4 is 0 Å². The highest BCUT2D eigenvalue weighted by Gasteiger charge is 2.25. The van der Waals surface area contributed by atoms with Crippen molar-refractivity contribution in [2.75, 3.05) is 6.61 Å². The second-order valence-corrected chi connectivity index (χ2v) is 4.18. The van der Waals surface area contributed by atoms with Gasteiger partial charge in [0, 0.05) is 36.2 Å². The third kappa shape index (κ3) is 2.67. The number of hydrogen-bond acceptors (Lipinski definition) is 4. The van der Waals surface area contributed by atoms with Crippen LogP contribution >= 0.6 is 0 Å². The van der Waals surface area contributed by atoms with Crippen LogP contribution in [-0.4, -0.2) is 35.6 Å². The molecule has 96 valence electrons. The van der Waals surface area contributed by atoms with E-state index < -0.39 is 0 Å². The number of Topliss-reactive ketones (excluding diaryl/α,β-unsaturated/α-hetero) is 1. The number of rotatable bonds is 5. The molecular weight excluding hydrogens is 232 g/mol. The van der Waals surface area contributed by atoms with Gasteiger partial charge in [0.2, 0.25) is 0 Å². The van der Waals surface area contributed by atoms with Crippen LogP contribution in [0.5, 0.6) is 0 Å². The van der Waals surface area contributed by atoms with E-state index in [0.717, 1.165) is 5.56 Å². The molecule has 0 aliphatic carbocycles. The zero-order valence-corrected chi connectivity index (χ0v) is 10.3. The number of hydrogen-bond donors (Lipinski definition) is 1. The summed E-state index contributed by atoms with van der Waals surface area (Å²) >= 11 is 0. The average molecular weight is 248 g/mol. The van der Waals surface area contributed by atoms with Gasteiger partial charge in [0.1, 0.15) is 6.04 Å². The summed E-state index contributed by atoms with van der Waals surface area (Å²) in [5.41, 5.74) is 1.52. The number of esters is 1. The van der Waals surface area contributed by atoms with Crippen molar-refractivity contribution in [1.29, 1.82) is 0 Å². The highest BCUT2D eigenvalue weighted by Crippen LogP contribution is 2.19. The third-order valence-corrected chi connectivity index (χ3v) is 2.90. The van der Waals surface area contributed by atoms with Crippen molar-refractivity contribution < 1.29 is 14.3 Å². The Balaban J connectivity index is 1.85. The SMILES string of the molecule is CCOC(=O)CCCC1N=Cc2c[nH]cc2C1=O. The topological polar surface area (TPSA) is 71.5 Å². The highest BCUT2D eigenvalue weighted by molar-refractivity contribution is 6.09.